The van der Waals surface area contributed by atoms with Crippen molar-refractivity contribution in [2.24, 2.45) is 16.3 Å². The third-order valence-corrected chi connectivity index (χ3v) is 6.24. The van der Waals surface area contributed by atoms with Crippen LogP contribution in [0.3, 0.4) is 0 Å². The van der Waals surface area contributed by atoms with Gasteiger partial charge in [-0.3, -0.25) is 4.99 Å². The average molecular weight is 433 g/mol. The van der Waals surface area contributed by atoms with Crippen LogP contribution in [0.4, 0.5) is 0 Å². The quantitative estimate of drug-likeness (QED) is 0.433. The second-order valence-electron chi connectivity index (χ2n) is 8.16. The van der Waals surface area contributed by atoms with Gasteiger partial charge >= 0.3 is 5.97 Å². The largest absolute Gasteiger partial charge is 0.464 e. The zero-order valence-electron chi connectivity index (χ0n) is 16.4. The Balaban J connectivity index is 2.34. The Morgan fingerprint density at radius 1 is 1.19 bits per heavy atom. The topological polar surface area (TPSA) is 38.7 Å². The van der Waals surface area contributed by atoms with Crippen molar-refractivity contribution in [2.75, 3.05) is 13.2 Å². The van der Waals surface area contributed by atoms with Crippen LogP contribution in [0.2, 0.25) is 0 Å². The molecule has 1 saturated carbocycles. The van der Waals surface area contributed by atoms with Crippen LogP contribution in [0.15, 0.2) is 35.3 Å². The van der Waals surface area contributed by atoms with Crippen LogP contribution >= 0.6 is 34.8 Å². The fourth-order valence-electron chi connectivity index (χ4n) is 3.42. The van der Waals surface area contributed by atoms with E-state index in [1.807, 2.05) is 30.3 Å². The maximum atomic E-state index is 12.8. The summed E-state index contributed by atoms with van der Waals surface area (Å²) in [4.78, 5) is 16.0. The molecule has 27 heavy (non-hydrogen) atoms. The van der Waals surface area contributed by atoms with Crippen molar-refractivity contribution in [3.8, 4) is 0 Å². The molecule has 0 heterocycles. The number of hydrogen-bond donors (Lipinski definition) is 0. The number of benzene rings is 1. The van der Waals surface area contributed by atoms with Crippen LogP contribution in [0.1, 0.15) is 46.1 Å². The molecule has 1 fully saturated rings. The van der Waals surface area contributed by atoms with Gasteiger partial charge in [-0.1, -0.05) is 85.9 Å². The van der Waals surface area contributed by atoms with Gasteiger partial charge in [-0.25, -0.2) is 4.79 Å². The molecule has 2 atom stereocenters. The Kier molecular flexibility index (Phi) is 7.27. The number of aliphatic imine (C=N–C) groups is 1. The molecule has 0 aliphatic heterocycles. The molecule has 2 unspecified atom stereocenters. The third-order valence-electron chi connectivity index (χ3n) is 5.09. The molecular formula is C21H28Cl3NO2. The van der Waals surface area contributed by atoms with Crippen molar-refractivity contribution < 1.29 is 9.53 Å². The van der Waals surface area contributed by atoms with E-state index in [2.05, 4.69) is 25.8 Å². The summed E-state index contributed by atoms with van der Waals surface area (Å²) in [6, 6.07) is 10.00. The number of esters is 1. The first kappa shape index (κ1) is 22.5. The molecule has 1 aromatic rings. The molecule has 0 bridgehead atoms. The summed E-state index contributed by atoms with van der Waals surface area (Å²) in [6.07, 6.45) is 1.62. The van der Waals surface area contributed by atoms with E-state index in [0.29, 0.717) is 31.5 Å². The van der Waals surface area contributed by atoms with Gasteiger partial charge in [0.25, 0.3) is 0 Å². The summed E-state index contributed by atoms with van der Waals surface area (Å²) < 4.78 is 3.96. The summed E-state index contributed by atoms with van der Waals surface area (Å²) in [5.74, 6) is -0.466. The highest BCUT2D eigenvalue weighted by Gasteiger charge is 2.58. The molecule has 2 rings (SSSR count). The molecule has 1 aromatic carbocycles. The number of hydrogen-bond acceptors (Lipinski definition) is 3. The lowest BCUT2D eigenvalue weighted by Gasteiger charge is -2.46. The second kappa shape index (κ2) is 8.71. The van der Waals surface area contributed by atoms with Crippen LogP contribution in [-0.4, -0.2) is 34.0 Å². The lowest BCUT2D eigenvalue weighted by atomic mass is 9.67. The van der Waals surface area contributed by atoms with Crippen molar-refractivity contribution in [3.05, 3.63) is 35.9 Å². The van der Waals surface area contributed by atoms with E-state index in [1.54, 1.807) is 6.92 Å². The Morgan fingerprint density at radius 3 is 2.37 bits per heavy atom. The van der Waals surface area contributed by atoms with Gasteiger partial charge in [-0.2, -0.15) is 0 Å². The maximum Gasteiger partial charge on any atom is 0.333 e. The molecular weight excluding hydrogens is 405 g/mol. The van der Waals surface area contributed by atoms with E-state index in [1.165, 1.54) is 0 Å². The molecule has 3 nitrogen and oxygen atoms in total. The molecule has 0 radical (unpaired) electrons. The summed E-state index contributed by atoms with van der Waals surface area (Å²) in [5, 5.41) is 0. The second-order valence-corrected chi connectivity index (χ2v) is 10.3. The van der Waals surface area contributed by atoms with E-state index in [0.717, 1.165) is 5.56 Å². The molecule has 1 aliphatic rings. The minimum absolute atomic E-state index is 0.0579. The summed E-state index contributed by atoms with van der Waals surface area (Å²) in [6.45, 7) is 8.74. The standard InChI is InChI=1S/C21H28Cl3NO2/c1-5-27-18(26)20(22)13-16(19(2,3)4)14-21(23,24)17(20)25-12-11-15-9-7-6-8-10-15/h6-10,16H,5,11-14H2,1-4H3. The van der Waals surface area contributed by atoms with Gasteiger partial charge in [0.15, 0.2) is 9.21 Å². The van der Waals surface area contributed by atoms with Gasteiger partial charge in [0.2, 0.25) is 0 Å². The predicted octanol–water partition coefficient (Wildman–Crippen LogP) is 5.84. The van der Waals surface area contributed by atoms with Gasteiger partial charge in [-0.15, -0.1) is 0 Å². The monoisotopic (exact) mass is 431 g/mol. The van der Waals surface area contributed by atoms with Crippen LogP contribution in [0.25, 0.3) is 0 Å². The molecule has 0 amide bonds. The lowest BCUT2D eigenvalue weighted by molar-refractivity contribution is -0.145. The van der Waals surface area contributed by atoms with Crippen molar-refractivity contribution in [2.45, 2.75) is 56.2 Å². The smallest absolute Gasteiger partial charge is 0.333 e. The van der Waals surface area contributed by atoms with Gasteiger partial charge in [0, 0.05) is 6.54 Å². The highest BCUT2D eigenvalue weighted by atomic mass is 35.5. The van der Waals surface area contributed by atoms with Crippen LogP contribution in [0.5, 0.6) is 0 Å². The van der Waals surface area contributed by atoms with E-state index in [-0.39, 0.29) is 17.9 Å². The van der Waals surface area contributed by atoms with Gasteiger partial charge in [0.1, 0.15) is 0 Å². The third kappa shape index (κ3) is 5.40. The molecule has 150 valence electrons. The maximum absolute atomic E-state index is 12.8. The van der Waals surface area contributed by atoms with Gasteiger partial charge < -0.3 is 4.74 Å². The van der Waals surface area contributed by atoms with Crippen LogP contribution < -0.4 is 0 Å². The summed E-state index contributed by atoms with van der Waals surface area (Å²) in [7, 11) is 0. The molecule has 0 aromatic heterocycles. The predicted molar refractivity (Wildman–Crippen MR) is 114 cm³/mol. The number of ether oxygens (including phenoxy) is 1. The number of halogens is 3. The Labute approximate surface area is 177 Å². The molecule has 6 heteroatoms. The van der Waals surface area contributed by atoms with Crippen molar-refractivity contribution >= 4 is 46.5 Å². The molecule has 0 spiro atoms. The zero-order valence-corrected chi connectivity index (χ0v) is 18.7. The van der Waals surface area contributed by atoms with Crippen LogP contribution in [-0.2, 0) is 16.0 Å². The first-order valence-electron chi connectivity index (χ1n) is 9.34. The minimum atomic E-state index is -1.44. The van der Waals surface area contributed by atoms with Gasteiger partial charge in [0.05, 0.1) is 12.3 Å². The lowest BCUT2D eigenvalue weighted by Crippen LogP contribution is -2.57. The fourth-order valence-corrected chi connectivity index (χ4v) is 4.80. The normalized spacial score (nSPS) is 26.8. The Hall–Kier alpha value is -0.770. The summed E-state index contributed by atoms with van der Waals surface area (Å²) >= 11 is 20.2. The zero-order chi connectivity index (χ0) is 20.3. The van der Waals surface area contributed by atoms with E-state index < -0.39 is 15.2 Å². The van der Waals surface area contributed by atoms with E-state index >= 15 is 0 Å². The van der Waals surface area contributed by atoms with Crippen LogP contribution in [0, 0.1) is 11.3 Å². The van der Waals surface area contributed by atoms with Crippen molar-refractivity contribution in [1.29, 1.82) is 0 Å². The number of nitrogens with zero attached hydrogens (tertiary/aromatic N) is 1. The average Bonchev–Trinajstić information content (AvgIpc) is 2.57. The highest BCUT2D eigenvalue weighted by Crippen LogP contribution is 2.52. The SMILES string of the molecule is CCOC(=O)C1(Cl)CC(C(C)(C)C)CC(Cl)(Cl)C1=NCCc1ccccc1. The molecule has 0 N–H and O–H groups in total. The Morgan fingerprint density at radius 2 is 1.81 bits per heavy atom. The van der Waals surface area contributed by atoms with E-state index in [4.69, 9.17) is 39.5 Å². The first-order chi connectivity index (χ1) is 12.5. The first-order valence-corrected chi connectivity index (χ1v) is 10.5. The number of alkyl halides is 3. The number of carbonyl (C=O) groups is 1. The number of carbonyl (C=O) groups excluding carboxylic acids is 1. The highest BCUT2D eigenvalue weighted by molar-refractivity contribution is 6.65. The number of rotatable bonds is 5. The van der Waals surface area contributed by atoms with Gasteiger partial charge in [-0.05, 0) is 43.1 Å². The molecule has 0 saturated heterocycles. The van der Waals surface area contributed by atoms with Crippen molar-refractivity contribution in [3.63, 3.8) is 0 Å². The molecule has 1 aliphatic carbocycles. The minimum Gasteiger partial charge on any atom is -0.464 e. The fraction of sp³-hybridized carbons (Fsp3) is 0.619. The van der Waals surface area contributed by atoms with E-state index in [9.17, 15) is 4.79 Å². The summed E-state index contributed by atoms with van der Waals surface area (Å²) in [5.41, 5.74) is 1.36. The Bertz CT molecular complexity index is 682. The van der Waals surface area contributed by atoms with Crippen molar-refractivity contribution in [1.82, 2.24) is 0 Å².